The predicted molar refractivity (Wildman–Crippen MR) is 105 cm³/mol. The second-order valence-corrected chi connectivity index (χ2v) is 6.57. The molecule has 146 valence electrons. The third-order valence-corrected chi connectivity index (χ3v) is 4.49. The van der Waals surface area contributed by atoms with E-state index in [-0.39, 0.29) is 30.1 Å². The number of aromatic carboxylic acids is 1. The van der Waals surface area contributed by atoms with Crippen molar-refractivity contribution in [3.8, 4) is 5.75 Å². The smallest absolute Gasteiger partial charge is 0.534 e. The van der Waals surface area contributed by atoms with Crippen molar-refractivity contribution in [3.63, 3.8) is 0 Å². The Morgan fingerprint density at radius 1 is 1.21 bits per heavy atom. The summed E-state index contributed by atoms with van der Waals surface area (Å²) < 4.78 is 5.38. The molecule has 0 bridgehead atoms. The summed E-state index contributed by atoms with van der Waals surface area (Å²) in [4.78, 5) is 23.6. The molecule has 1 aliphatic rings. The number of carbonyl (C=O) groups is 2. The first-order chi connectivity index (χ1) is 13.5. The number of para-hydroxylation sites is 1. The highest BCUT2D eigenvalue weighted by atomic mass is 16.5. The van der Waals surface area contributed by atoms with Crippen LogP contribution in [0.25, 0.3) is 0 Å². The summed E-state index contributed by atoms with van der Waals surface area (Å²) >= 11 is 0. The zero-order valence-corrected chi connectivity index (χ0v) is 15.2. The van der Waals surface area contributed by atoms with Gasteiger partial charge in [-0.05, 0) is 35.7 Å². The second-order valence-electron chi connectivity index (χ2n) is 6.57. The van der Waals surface area contributed by atoms with Crippen molar-refractivity contribution in [2.75, 3.05) is 18.4 Å². The van der Waals surface area contributed by atoms with Gasteiger partial charge in [-0.3, -0.25) is 4.79 Å². The van der Waals surface area contributed by atoms with Gasteiger partial charge in [0.05, 0.1) is 17.9 Å². The van der Waals surface area contributed by atoms with Gasteiger partial charge in [-0.2, -0.15) is 0 Å². The van der Waals surface area contributed by atoms with Crippen LogP contribution in [0.5, 0.6) is 5.75 Å². The van der Waals surface area contributed by atoms with Crippen LogP contribution in [-0.2, 0) is 17.6 Å². The lowest BCUT2D eigenvalue weighted by Crippen LogP contribution is -2.53. The number of hydrogen-bond donors (Lipinski definition) is 5. The van der Waals surface area contributed by atoms with Crippen LogP contribution in [0.1, 0.15) is 21.5 Å². The van der Waals surface area contributed by atoms with Crippen molar-refractivity contribution in [1.82, 2.24) is 5.32 Å². The highest BCUT2D eigenvalue weighted by molar-refractivity contribution is 6.47. The quantitative estimate of drug-likeness (QED) is 0.438. The van der Waals surface area contributed by atoms with Gasteiger partial charge in [-0.25, -0.2) is 4.79 Å². The maximum Gasteiger partial charge on any atom is 0.547 e. The molecule has 8 nitrogen and oxygen atoms in total. The number of benzene rings is 2. The summed E-state index contributed by atoms with van der Waals surface area (Å²) in [5.74, 6) is -1.90. The number of rotatable bonds is 7. The summed E-state index contributed by atoms with van der Waals surface area (Å²) in [6.45, 7) is 1.21. The summed E-state index contributed by atoms with van der Waals surface area (Å²) in [5, 5.41) is 25.3. The normalized spacial score (nSPS) is 15.4. The molecule has 3 rings (SSSR count). The minimum atomic E-state index is -1.32. The average molecular weight is 383 g/mol. The van der Waals surface area contributed by atoms with Crippen molar-refractivity contribution in [3.05, 3.63) is 59.2 Å². The SMILES string of the molecule is NCCNc1ccc(CC(=O)N[C@H]2Cc3cccc(C(=O)O)c3OB2O)cc1. The first-order valence-electron chi connectivity index (χ1n) is 9.00. The Kier molecular flexibility index (Phi) is 6.18. The Labute approximate surface area is 162 Å². The molecule has 2 aromatic carbocycles. The molecule has 6 N–H and O–H groups in total. The zero-order valence-electron chi connectivity index (χ0n) is 15.2. The summed E-state index contributed by atoms with van der Waals surface area (Å²) in [6.07, 6.45) is 0.438. The summed E-state index contributed by atoms with van der Waals surface area (Å²) in [7, 11) is -1.32. The molecule has 0 saturated carbocycles. The van der Waals surface area contributed by atoms with E-state index in [2.05, 4.69) is 10.6 Å². The van der Waals surface area contributed by atoms with Gasteiger partial charge < -0.3 is 31.2 Å². The molecule has 0 fully saturated rings. The number of carboxylic acid groups (broad SMARTS) is 1. The molecule has 1 aliphatic heterocycles. The van der Waals surface area contributed by atoms with Crippen LogP contribution in [0.3, 0.4) is 0 Å². The van der Waals surface area contributed by atoms with Crippen LogP contribution in [0, 0.1) is 0 Å². The lowest BCUT2D eigenvalue weighted by atomic mass is 9.72. The van der Waals surface area contributed by atoms with E-state index in [4.69, 9.17) is 10.4 Å². The number of amides is 1. The van der Waals surface area contributed by atoms with Crippen molar-refractivity contribution in [1.29, 1.82) is 0 Å². The van der Waals surface area contributed by atoms with Gasteiger partial charge in [0.1, 0.15) is 5.75 Å². The van der Waals surface area contributed by atoms with Gasteiger partial charge >= 0.3 is 13.1 Å². The Morgan fingerprint density at radius 3 is 2.64 bits per heavy atom. The van der Waals surface area contributed by atoms with Crippen LogP contribution in [0.2, 0.25) is 0 Å². The van der Waals surface area contributed by atoms with Gasteiger partial charge in [0, 0.05) is 18.8 Å². The van der Waals surface area contributed by atoms with Crippen molar-refractivity contribution in [2.45, 2.75) is 18.8 Å². The molecular formula is C19H22BN3O5. The number of nitrogens with two attached hydrogens (primary N) is 1. The molecule has 9 heteroatoms. The molecule has 1 heterocycles. The third kappa shape index (κ3) is 4.62. The summed E-state index contributed by atoms with van der Waals surface area (Å²) in [5.41, 5.74) is 7.83. The van der Waals surface area contributed by atoms with Crippen LogP contribution in [0.4, 0.5) is 5.69 Å². The van der Waals surface area contributed by atoms with Gasteiger partial charge in [0.15, 0.2) is 0 Å². The molecule has 1 amide bonds. The van der Waals surface area contributed by atoms with Crippen molar-refractivity contribution in [2.24, 2.45) is 5.73 Å². The molecule has 0 aliphatic carbocycles. The van der Waals surface area contributed by atoms with Gasteiger partial charge in [0.25, 0.3) is 0 Å². The molecule has 0 aromatic heterocycles. The van der Waals surface area contributed by atoms with Crippen LogP contribution in [0.15, 0.2) is 42.5 Å². The fourth-order valence-electron chi connectivity index (χ4n) is 3.12. The minimum Gasteiger partial charge on any atom is -0.534 e. The number of anilines is 1. The fraction of sp³-hybridized carbons (Fsp3) is 0.263. The second kappa shape index (κ2) is 8.77. The number of carboxylic acids is 1. The van der Waals surface area contributed by atoms with Crippen molar-refractivity contribution < 1.29 is 24.4 Å². The lowest BCUT2D eigenvalue weighted by molar-refractivity contribution is -0.120. The molecule has 0 unspecified atom stereocenters. The first-order valence-corrected chi connectivity index (χ1v) is 9.00. The molecule has 0 saturated heterocycles. The lowest BCUT2D eigenvalue weighted by Gasteiger charge is -2.28. The van der Waals surface area contributed by atoms with E-state index in [1.165, 1.54) is 6.07 Å². The topological polar surface area (TPSA) is 134 Å². The molecule has 0 spiro atoms. The van der Waals surface area contributed by atoms with Crippen LogP contribution >= 0.6 is 0 Å². The maximum absolute atomic E-state index is 12.4. The monoisotopic (exact) mass is 383 g/mol. The third-order valence-electron chi connectivity index (χ3n) is 4.49. The van der Waals surface area contributed by atoms with E-state index in [0.717, 1.165) is 11.3 Å². The molecular weight excluding hydrogens is 361 g/mol. The highest BCUT2D eigenvalue weighted by Gasteiger charge is 2.37. The number of fused-ring (bicyclic) bond motifs is 1. The molecule has 28 heavy (non-hydrogen) atoms. The fourth-order valence-corrected chi connectivity index (χ4v) is 3.12. The zero-order chi connectivity index (χ0) is 20.1. The summed E-state index contributed by atoms with van der Waals surface area (Å²) in [6, 6.07) is 12.2. The Morgan fingerprint density at radius 2 is 1.96 bits per heavy atom. The van der Waals surface area contributed by atoms with Crippen LogP contribution < -0.4 is 21.0 Å². The van der Waals surface area contributed by atoms with Gasteiger partial charge in [-0.15, -0.1) is 0 Å². The Hall–Kier alpha value is -3.04. The van der Waals surface area contributed by atoms with Crippen LogP contribution in [-0.4, -0.2) is 48.2 Å². The first kappa shape index (κ1) is 19.7. The van der Waals surface area contributed by atoms with Gasteiger partial charge in [0.2, 0.25) is 5.91 Å². The standard InChI is InChI=1S/C19H22BN3O5/c21-8-9-22-14-6-4-12(5-7-14)10-17(24)23-16-11-13-2-1-3-15(19(25)26)18(13)28-20(16)27/h1-7,16,22,27H,8-11,21H2,(H,23,24)(H,25,26)/t16-/m0/s1. The minimum absolute atomic E-state index is 0.00957. The Bertz CT molecular complexity index is 859. The number of carbonyl (C=O) groups excluding carboxylic acids is 1. The van der Waals surface area contributed by atoms with E-state index in [1.807, 2.05) is 24.3 Å². The average Bonchev–Trinajstić information content (AvgIpc) is 2.67. The molecule has 0 radical (unpaired) electrons. The predicted octanol–water partition coefficient (Wildman–Crippen LogP) is 0.438. The Balaban J connectivity index is 1.61. The van der Waals surface area contributed by atoms with Crippen molar-refractivity contribution >= 4 is 24.7 Å². The van der Waals surface area contributed by atoms with E-state index < -0.39 is 19.0 Å². The molecule has 1 atom stereocenters. The number of nitrogens with one attached hydrogen (secondary N) is 2. The van der Waals surface area contributed by atoms with E-state index in [0.29, 0.717) is 18.7 Å². The largest absolute Gasteiger partial charge is 0.547 e. The molecule has 2 aromatic rings. The van der Waals surface area contributed by atoms with Gasteiger partial charge in [-0.1, -0.05) is 24.3 Å². The van der Waals surface area contributed by atoms with E-state index in [9.17, 15) is 19.7 Å². The van der Waals surface area contributed by atoms with E-state index in [1.54, 1.807) is 12.1 Å². The number of hydrogen-bond acceptors (Lipinski definition) is 6. The van der Waals surface area contributed by atoms with E-state index >= 15 is 0 Å². The maximum atomic E-state index is 12.4. The highest BCUT2D eigenvalue weighted by Crippen LogP contribution is 2.30.